The number of aliphatic hydroxyl groups excluding tert-OH is 2. The van der Waals surface area contributed by atoms with E-state index < -0.39 is 6.10 Å². The van der Waals surface area contributed by atoms with E-state index in [1.165, 1.54) is 23.1 Å². The summed E-state index contributed by atoms with van der Waals surface area (Å²) in [6, 6.07) is 0. The lowest BCUT2D eigenvalue weighted by Gasteiger charge is -2.05. The van der Waals surface area contributed by atoms with Crippen LogP contribution in [-0.4, -0.2) is 45.3 Å². The number of aromatic nitrogens is 1. The first-order valence-corrected chi connectivity index (χ1v) is 6.32. The van der Waals surface area contributed by atoms with Crippen LogP contribution in [0.25, 0.3) is 0 Å². The van der Waals surface area contributed by atoms with Gasteiger partial charge in [-0.05, 0) is 0 Å². The number of nitrogens with zero attached hydrogens (tertiary/aromatic N) is 1. The molecule has 1 aromatic rings. The molecule has 1 amide bonds. The van der Waals surface area contributed by atoms with E-state index in [0.717, 1.165) is 0 Å². The maximum atomic E-state index is 11.3. The number of thioether (sulfide) groups is 1. The number of amides is 1. The van der Waals surface area contributed by atoms with Crippen LogP contribution in [0.5, 0.6) is 0 Å². The summed E-state index contributed by atoms with van der Waals surface area (Å²) in [6.07, 6.45) is 0.853. The fourth-order valence-corrected chi connectivity index (χ4v) is 2.08. The molecule has 0 radical (unpaired) electrons. The van der Waals surface area contributed by atoms with Gasteiger partial charge in [0.25, 0.3) is 0 Å². The molecule has 0 spiro atoms. The van der Waals surface area contributed by atoms with Crippen LogP contribution in [0.4, 0.5) is 5.13 Å². The number of anilines is 1. The second kappa shape index (κ2) is 6.78. The Morgan fingerprint density at radius 3 is 3.13 bits per heavy atom. The van der Waals surface area contributed by atoms with Crippen LogP contribution >= 0.6 is 23.1 Å². The molecule has 1 heterocycles. The second-order valence-corrected chi connectivity index (χ2v) is 4.66. The molecule has 1 atom stereocenters. The molecule has 5 nitrogen and oxygen atoms in total. The van der Waals surface area contributed by atoms with E-state index in [4.69, 9.17) is 10.2 Å². The Hall–Kier alpha value is -0.630. The molecule has 0 bridgehead atoms. The summed E-state index contributed by atoms with van der Waals surface area (Å²) < 4.78 is 0. The number of carbonyl (C=O) groups excluding carboxylic acids is 1. The van der Waals surface area contributed by atoms with Crippen molar-refractivity contribution in [2.75, 3.05) is 23.4 Å². The Kier molecular flexibility index (Phi) is 5.62. The highest BCUT2D eigenvalue weighted by Crippen LogP contribution is 2.11. The summed E-state index contributed by atoms with van der Waals surface area (Å²) in [7, 11) is 0. The Morgan fingerprint density at radius 2 is 2.53 bits per heavy atom. The van der Waals surface area contributed by atoms with Crippen LogP contribution in [0.1, 0.15) is 0 Å². The summed E-state index contributed by atoms with van der Waals surface area (Å²) in [6.45, 7) is -0.277. The van der Waals surface area contributed by atoms with E-state index in [1.807, 2.05) is 0 Å². The minimum atomic E-state index is -0.761. The molecular formula is C8H12N2O3S2. The number of hydrogen-bond acceptors (Lipinski definition) is 6. The van der Waals surface area contributed by atoms with Crippen LogP contribution in [0.2, 0.25) is 0 Å². The lowest BCUT2D eigenvalue weighted by atomic mass is 10.4. The topological polar surface area (TPSA) is 82.5 Å². The molecule has 1 unspecified atom stereocenters. The SMILES string of the molecule is O=C(CSCC(O)CO)Nc1nccs1. The van der Waals surface area contributed by atoms with Gasteiger partial charge < -0.3 is 15.5 Å². The van der Waals surface area contributed by atoms with Gasteiger partial charge in [-0.25, -0.2) is 4.98 Å². The van der Waals surface area contributed by atoms with Crippen molar-refractivity contribution in [2.24, 2.45) is 0 Å². The third kappa shape index (κ3) is 5.12. The highest BCUT2D eigenvalue weighted by atomic mass is 32.2. The highest BCUT2D eigenvalue weighted by Gasteiger charge is 2.06. The number of aliphatic hydroxyl groups is 2. The summed E-state index contributed by atoms with van der Waals surface area (Å²) >= 11 is 2.62. The largest absolute Gasteiger partial charge is 0.394 e. The molecule has 1 aromatic heterocycles. The van der Waals surface area contributed by atoms with Crippen molar-refractivity contribution < 1.29 is 15.0 Å². The summed E-state index contributed by atoms with van der Waals surface area (Å²) in [5, 5.41) is 22.5. The zero-order valence-electron chi connectivity index (χ0n) is 7.92. The Balaban J connectivity index is 2.14. The maximum absolute atomic E-state index is 11.3. The lowest BCUT2D eigenvalue weighted by Crippen LogP contribution is -2.18. The van der Waals surface area contributed by atoms with Crippen molar-refractivity contribution in [1.82, 2.24) is 4.98 Å². The zero-order chi connectivity index (χ0) is 11.1. The van der Waals surface area contributed by atoms with Gasteiger partial charge in [-0.15, -0.1) is 23.1 Å². The normalized spacial score (nSPS) is 12.4. The number of thiazole rings is 1. The Labute approximate surface area is 95.5 Å². The van der Waals surface area contributed by atoms with Gasteiger partial charge in [-0.3, -0.25) is 4.79 Å². The molecule has 15 heavy (non-hydrogen) atoms. The first kappa shape index (κ1) is 12.4. The standard InChI is InChI=1S/C8H12N2O3S2/c11-3-6(12)4-14-5-7(13)10-8-9-1-2-15-8/h1-2,6,11-12H,3-5H2,(H,9,10,13). The van der Waals surface area contributed by atoms with E-state index in [-0.39, 0.29) is 18.3 Å². The van der Waals surface area contributed by atoms with Crippen molar-refractivity contribution in [3.63, 3.8) is 0 Å². The molecule has 0 saturated heterocycles. The van der Waals surface area contributed by atoms with Crippen LogP contribution in [0, 0.1) is 0 Å². The highest BCUT2D eigenvalue weighted by molar-refractivity contribution is 8.00. The smallest absolute Gasteiger partial charge is 0.236 e. The quantitative estimate of drug-likeness (QED) is 0.668. The third-order valence-corrected chi connectivity index (χ3v) is 3.21. The van der Waals surface area contributed by atoms with E-state index >= 15 is 0 Å². The fraction of sp³-hybridized carbons (Fsp3) is 0.500. The molecule has 7 heteroatoms. The Bertz CT molecular complexity index is 292. The Morgan fingerprint density at radius 1 is 1.73 bits per heavy atom. The number of nitrogens with one attached hydrogen (secondary N) is 1. The molecule has 0 aliphatic carbocycles. The van der Waals surface area contributed by atoms with Crippen LogP contribution in [-0.2, 0) is 4.79 Å². The van der Waals surface area contributed by atoms with Crippen molar-refractivity contribution >= 4 is 34.1 Å². The predicted molar refractivity (Wildman–Crippen MR) is 61.2 cm³/mol. The van der Waals surface area contributed by atoms with Gasteiger partial charge in [-0.1, -0.05) is 0 Å². The molecule has 84 valence electrons. The van der Waals surface area contributed by atoms with Gasteiger partial charge >= 0.3 is 0 Å². The molecule has 1 rings (SSSR count). The molecular weight excluding hydrogens is 236 g/mol. The van der Waals surface area contributed by atoms with Gasteiger partial charge in [0.15, 0.2) is 5.13 Å². The molecule has 3 N–H and O–H groups in total. The third-order valence-electron chi connectivity index (χ3n) is 1.43. The first-order valence-electron chi connectivity index (χ1n) is 4.28. The fourth-order valence-electron chi connectivity index (χ4n) is 0.781. The van der Waals surface area contributed by atoms with Gasteiger partial charge in [0, 0.05) is 17.3 Å². The van der Waals surface area contributed by atoms with Gasteiger partial charge in [0.2, 0.25) is 5.91 Å². The minimum absolute atomic E-state index is 0.153. The van der Waals surface area contributed by atoms with E-state index in [2.05, 4.69) is 10.3 Å². The van der Waals surface area contributed by atoms with Crippen LogP contribution in [0.15, 0.2) is 11.6 Å². The first-order chi connectivity index (χ1) is 7.22. The summed E-state index contributed by atoms with van der Waals surface area (Å²) in [4.78, 5) is 15.2. The average molecular weight is 248 g/mol. The molecule has 0 aromatic carbocycles. The van der Waals surface area contributed by atoms with Crippen LogP contribution < -0.4 is 5.32 Å². The van der Waals surface area contributed by atoms with Crippen molar-refractivity contribution in [3.8, 4) is 0 Å². The van der Waals surface area contributed by atoms with Crippen molar-refractivity contribution in [1.29, 1.82) is 0 Å². The average Bonchev–Trinajstić information content (AvgIpc) is 2.70. The predicted octanol–water partition coefficient (Wildman–Crippen LogP) is 0.168. The van der Waals surface area contributed by atoms with Crippen molar-refractivity contribution in [2.45, 2.75) is 6.10 Å². The van der Waals surface area contributed by atoms with E-state index in [1.54, 1.807) is 11.6 Å². The summed E-state index contributed by atoms with van der Waals surface area (Å²) in [5.41, 5.74) is 0. The van der Waals surface area contributed by atoms with Gasteiger partial charge in [0.1, 0.15) is 0 Å². The summed E-state index contributed by atoms with van der Waals surface area (Å²) in [5.74, 6) is 0.443. The molecule has 0 aliphatic heterocycles. The van der Waals surface area contributed by atoms with Gasteiger partial charge in [0.05, 0.1) is 18.5 Å². The van der Waals surface area contributed by atoms with Gasteiger partial charge in [-0.2, -0.15) is 0 Å². The lowest BCUT2D eigenvalue weighted by molar-refractivity contribution is -0.113. The number of rotatable bonds is 6. The zero-order valence-corrected chi connectivity index (χ0v) is 9.55. The van der Waals surface area contributed by atoms with Crippen LogP contribution in [0.3, 0.4) is 0 Å². The minimum Gasteiger partial charge on any atom is -0.394 e. The van der Waals surface area contributed by atoms with E-state index in [9.17, 15) is 4.79 Å². The van der Waals surface area contributed by atoms with E-state index in [0.29, 0.717) is 10.9 Å². The molecule has 0 saturated carbocycles. The molecule has 0 fully saturated rings. The number of hydrogen-bond donors (Lipinski definition) is 3. The van der Waals surface area contributed by atoms with Crippen molar-refractivity contribution in [3.05, 3.63) is 11.6 Å². The maximum Gasteiger partial charge on any atom is 0.236 e. The molecule has 0 aliphatic rings. The number of carbonyl (C=O) groups is 1. The monoisotopic (exact) mass is 248 g/mol. The second-order valence-electron chi connectivity index (χ2n) is 2.74.